The minimum absolute atomic E-state index is 0.118. The molecule has 150 valence electrons. The van der Waals surface area contributed by atoms with Crippen molar-refractivity contribution < 1.29 is 14.7 Å². The molecule has 0 aliphatic carbocycles. The van der Waals surface area contributed by atoms with E-state index in [9.17, 15) is 14.7 Å². The predicted octanol–water partition coefficient (Wildman–Crippen LogP) is 1.37. The summed E-state index contributed by atoms with van der Waals surface area (Å²) in [7, 11) is 1.81. The van der Waals surface area contributed by atoms with Crippen LogP contribution >= 0.6 is 0 Å². The van der Waals surface area contributed by atoms with Crippen molar-refractivity contribution in [2.75, 3.05) is 19.6 Å². The normalized spacial score (nSPS) is 18.1. The number of pyridine rings is 1. The quantitative estimate of drug-likeness (QED) is 0.726. The van der Waals surface area contributed by atoms with Crippen molar-refractivity contribution in [3.8, 4) is 0 Å². The molecule has 3 heterocycles. The highest BCUT2D eigenvalue weighted by molar-refractivity contribution is 5.98. The van der Waals surface area contributed by atoms with Crippen LogP contribution < -0.4 is 0 Å². The first-order valence-corrected chi connectivity index (χ1v) is 9.56. The Morgan fingerprint density at radius 2 is 2.00 bits per heavy atom. The van der Waals surface area contributed by atoms with E-state index in [4.69, 9.17) is 0 Å². The molecule has 0 bridgehead atoms. The number of aliphatic hydroxyl groups excluding tert-OH is 1. The highest BCUT2D eigenvalue weighted by Crippen LogP contribution is 2.28. The molecule has 4 rings (SSSR count). The van der Waals surface area contributed by atoms with Gasteiger partial charge in [0.15, 0.2) is 0 Å². The molecule has 2 amide bonds. The van der Waals surface area contributed by atoms with Crippen LogP contribution in [0.5, 0.6) is 0 Å². The first-order chi connectivity index (χ1) is 14.0. The minimum atomic E-state index is -1.07. The average molecular weight is 393 g/mol. The van der Waals surface area contributed by atoms with Gasteiger partial charge in [0.2, 0.25) is 0 Å². The third-order valence-electron chi connectivity index (χ3n) is 5.36. The Hall–Kier alpha value is -3.26. The van der Waals surface area contributed by atoms with E-state index in [1.165, 1.54) is 6.92 Å². The van der Waals surface area contributed by atoms with Crippen molar-refractivity contribution in [3.05, 3.63) is 60.0 Å². The number of benzene rings is 1. The maximum Gasteiger partial charge on any atom is 0.254 e. The maximum atomic E-state index is 13.4. The summed E-state index contributed by atoms with van der Waals surface area (Å²) in [4.78, 5) is 33.4. The van der Waals surface area contributed by atoms with Gasteiger partial charge in [-0.05, 0) is 31.2 Å². The number of piperazine rings is 1. The van der Waals surface area contributed by atoms with Crippen LogP contribution in [0.1, 0.15) is 29.0 Å². The Balaban J connectivity index is 1.67. The summed E-state index contributed by atoms with van der Waals surface area (Å²) in [5.41, 5.74) is 2.15. The molecule has 1 saturated heterocycles. The lowest BCUT2D eigenvalue weighted by atomic mass is 10.0. The molecule has 8 heteroatoms. The van der Waals surface area contributed by atoms with Gasteiger partial charge in [0.05, 0.1) is 17.3 Å². The zero-order valence-corrected chi connectivity index (χ0v) is 16.4. The average Bonchev–Trinajstić information content (AvgIpc) is 3.17. The first-order valence-electron chi connectivity index (χ1n) is 9.56. The van der Waals surface area contributed by atoms with Gasteiger partial charge in [-0.15, -0.1) is 0 Å². The fourth-order valence-corrected chi connectivity index (χ4v) is 3.82. The highest BCUT2D eigenvalue weighted by Gasteiger charge is 2.36. The lowest BCUT2D eigenvalue weighted by Crippen LogP contribution is -2.54. The lowest BCUT2D eigenvalue weighted by Gasteiger charge is -2.41. The van der Waals surface area contributed by atoms with E-state index in [2.05, 4.69) is 10.1 Å². The summed E-state index contributed by atoms with van der Waals surface area (Å²) in [5, 5.41) is 14.9. The zero-order valence-electron chi connectivity index (χ0n) is 16.4. The van der Waals surface area contributed by atoms with Crippen LogP contribution in [0.25, 0.3) is 10.9 Å². The van der Waals surface area contributed by atoms with Crippen LogP contribution in [0.3, 0.4) is 0 Å². The maximum absolute atomic E-state index is 13.4. The van der Waals surface area contributed by atoms with Gasteiger partial charge in [-0.1, -0.05) is 12.1 Å². The molecule has 0 spiro atoms. The van der Waals surface area contributed by atoms with E-state index < -0.39 is 6.10 Å². The van der Waals surface area contributed by atoms with E-state index in [1.807, 2.05) is 31.3 Å². The Labute approximate surface area is 168 Å². The fourth-order valence-electron chi connectivity index (χ4n) is 3.82. The number of hydrogen-bond acceptors (Lipinski definition) is 5. The Bertz CT molecular complexity index is 1060. The van der Waals surface area contributed by atoms with E-state index >= 15 is 0 Å². The smallest absolute Gasteiger partial charge is 0.254 e. The van der Waals surface area contributed by atoms with Gasteiger partial charge in [0, 0.05) is 50.0 Å². The molecule has 1 fully saturated rings. The fraction of sp³-hybridized carbons (Fsp3) is 0.333. The van der Waals surface area contributed by atoms with Crippen LogP contribution in [-0.2, 0) is 11.8 Å². The van der Waals surface area contributed by atoms with Crippen molar-refractivity contribution in [1.82, 2.24) is 24.6 Å². The Morgan fingerprint density at radius 3 is 2.72 bits per heavy atom. The van der Waals surface area contributed by atoms with Crippen molar-refractivity contribution in [2.24, 2.45) is 7.05 Å². The second-order valence-electron chi connectivity index (χ2n) is 7.27. The number of hydrogen-bond donors (Lipinski definition) is 1. The summed E-state index contributed by atoms with van der Waals surface area (Å²) in [6.45, 7) is 2.50. The zero-order chi connectivity index (χ0) is 20.5. The largest absolute Gasteiger partial charge is 0.384 e. The van der Waals surface area contributed by atoms with Gasteiger partial charge in [-0.2, -0.15) is 5.10 Å². The third-order valence-corrected chi connectivity index (χ3v) is 5.36. The predicted molar refractivity (Wildman–Crippen MR) is 107 cm³/mol. The molecule has 0 saturated carbocycles. The second kappa shape index (κ2) is 7.63. The highest BCUT2D eigenvalue weighted by atomic mass is 16.3. The topological polar surface area (TPSA) is 91.6 Å². The molecule has 29 heavy (non-hydrogen) atoms. The molecule has 1 N–H and O–H groups in total. The van der Waals surface area contributed by atoms with Crippen LogP contribution in [0.4, 0.5) is 0 Å². The number of carbonyl (C=O) groups excluding carboxylic acids is 2. The molecule has 1 aromatic carbocycles. The summed E-state index contributed by atoms with van der Waals surface area (Å²) >= 11 is 0. The number of aromatic nitrogens is 3. The molecule has 3 aromatic rings. The van der Waals surface area contributed by atoms with Crippen LogP contribution in [0.15, 0.2) is 48.8 Å². The number of aryl methyl sites for hydroxylation is 1. The molecule has 8 nitrogen and oxygen atoms in total. The SMILES string of the molecule is CC(O)C(=O)N1CCN(C(=O)c2ccc3cccnc3c2)C(c2ccnn2C)C1. The van der Waals surface area contributed by atoms with Crippen LogP contribution in [0.2, 0.25) is 0 Å². The summed E-state index contributed by atoms with van der Waals surface area (Å²) < 4.78 is 1.71. The Morgan fingerprint density at radius 1 is 1.17 bits per heavy atom. The number of amides is 2. The van der Waals surface area contributed by atoms with Crippen LogP contribution in [0, 0.1) is 0 Å². The van der Waals surface area contributed by atoms with E-state index in [1.54, 1.807) is 39.0 Å². The first kappa shape index (κ1) is 19.1. The summed E-state index contributed by atoms with van der Waals surface area (Å²) in [6.07, 6.45) is 2.30. The second-order valence-corrected chi connectivity index (χ2v) is 7.27. The van der Waals surface area contributed by atoms with Gasteiger partial charge in [-0.3, -0.25) is 19.3 Å². The minimum Gasteiger partial charge on any atom is -0.384 e. The van der Waals surface area contributed by atoms with Crippen molar-refractivity contribution in [1.29, 1.82) is 0 Å². The molecule has 1 aliphatic rings. The van der Waals surface area contributed by atoms with E-state index in [0.717, 1.165) is 16.6 Å². The molecular formula is C21H23N5O3. The summed E-state index contributed by atoms with van der Waals surface area (Å²) in [6, 6.07) is 10.8. The molecule has 2 unspecified atom stereocenters. The van der Waals surface area contributed by atoms with Crippen molar-refractivity contribution >= 4 is 22.7 Å². The number of rotatable bonds is 3. The van der Waals surface area contributed by atoms with Gasteiger partial charge >= 0.3 is 0 Å². The monoisotopic (exact) mass is 393 g/mol. The molecular weight excluding hydrogens is 370 g/mol. The van der Waals surface area contributed by atoms with Gasteiger partial charge in [-0.25, -0.2) is 0 Å². The van der Waals surface area contributed by atoms with E-state index in [0.29, 0.717) is 25.2 Å². The van der Waals surface area contributed by atoms with Crippen molar-refractivity contribution in [3.63, 3.8) is 0 Å². The Kier molecular flexibility index (Phi) is 5.02. The molecule has 1 aliphatic heterocycles. The van der Waals surface area contributed by atoms with Crippen molar-refractivity contribution in [2.45, 2.75) is 19.1 Å². The van der Waals surface area contributed by atoms with E-state index in [-0.39, 0.29) is 17.9 Å². The number of carbonyl (C=O) groups is 2. The molecule has 2 aromatic heterocycles. The van der Waals surface area contributed by atoms with Gasteiger partial charge in [0.1, 0.15) is 6.10 Å². The number of aliphatic hydroxyl groups is 1. The summed E-state index contributed by atoms with van der Waals surface area (Å²) in [5.74, 6) is -0.452. The van der Waals surface area contributed by atoms with Gasteiger partial charge < -0.3 is 14.9 Å². The third kappa shape index (κ3) is 3.58. The number of nitrogens with zero attached hydrogens (tertiary/aromatic N) is 5. The molecule has 2 atom stereocenters. The molecule has 0 radical (unpaired) electrons. The van der Waals surface area contributed by atoms with Gasteiger partial charge in [0.25, 0.3) is 11.8 Å². The standard InChI is InChI=1S/C21H23N5O3/c1-14(27)20(28)25-10-11-26(19(13-25)18-7-9-23-24(18)2)21(29)16-6-5-15-4-3-8-22-17(15)12-16/h3-9,12,14,19,27H,10-11,13H2,1-2H3. The van der Waals surface area contributed by atoms with Crippen LogP contribution in [-0.4, -0.2) is 67.2 Å². The lowest BCUT2D eigenvalue weighted by molar-refractivity contribution is -0.142. The number of fused-ring (bicyclic) bond motifs is 1.